The van der Waals surface area contributed by atoms with Crippen molar-refractivity contribution in [2.75, 3.05) is 11.5 Å². The van der Waals surface area contributed by atoms with E-state index < -0.39 is 68.1 Å². The molecule has 0 aliphatic carbocycles. The minimum absolute atomic E-state index is 0. The second-order valence-corrected chi connectivity index (χ2v) is 40.1. The molecule has 2 atom stereocenters. The van der Waals surface area contributed by atoms with Gasteiger partial charge in [-0.3, -0.25) is 0 Å². The van der Waals surface area contributed by atoms with Crippen LogP contribution in [-0.4, -0.2) is 23.8 Å². The van der Waals surface area contributed by atoms with Gasteiger partial charge in [-0.2, -0.15) is 31.6 Å². The first-order valence-corrected chi connectivity index (χ1v) is 47.9. The maximum absolute atomic E-state index is 13.9. The fourth-order valence-corrected chi connectivity index (χ4v) is 24.5. The Morgan fingerprint density at radius 1 is 0.308 bits per heavy atom. The molecule has 16 aromatic carbocycles. The van der Waals surface area contributed by atoms with Gasteiger partial charge in [0, 0.05) is 85.8 Å². The summed E-state index contributed by atoms with van der Waals surface area (Å²) in [5, 5.41) is 45.7. The molecule has 9 nitrogen and oxygen atoms in total. The van der Waals surface area contributed by atoms with Crippen LogP contribution in [0.5, 0.6) is 0 Å². The molecule has 2 unspecified atom stereocenters. The third kappa shape index (κ3) is 28.4. The fourth-order valence-electron chi connectivity index (χ4n) is 14.0. The zero-order chi connectivity index (χ0) is 93.2. The van der Waals surface area contributed by atoms with Gasteiger partial charge in [-0.15, -0.1) is 0 Å². The average molecular weight is 2130 g/mol. The quantitative estimate of drug-likeness (QED) is 0.0319. The SMILES string of the molecule is N#Cc1ccc(C2=NOC(c3cc(Cl)cc(Cl)c3)(C(F)(F)F)C2)cc1N.Nc1cc(C2=NOC(c3cc(Cl)cc(Cl)c3)(C(F)(F)F)C2)ccc1Br.[C-]#N.[C-]#N.[Pd].[Zn+2].c1ccc(P(c2ccccc2)c2ccccc2)cc1.c1ccc(P(c2ccccc2)c2ccccc2)cc1.c1ccc(P(c2ccccc2)c2ccccc2)cc1.c1ccc(P(c2ccccc2)c2ccccc2)cc1. The van der Waals surface area contributed by atoms with E-state index in [-0.39, 0.29) is 93.8 Å². The number of benzene rings is 16. The molecule has 0 amide bonds. The van der Waals surface area contributed by atoms with Crippen molar-refractivity contribution in [3.05, 3.63) is 502 Å². The van der Waals surface area contributed by atoms with Crippen molar-refractivity contribution >= 4 is 180 Å². The number of hydrogen-bond donors (Lipinski definition) is 2. The third-order valence-corrected chi connectivity index (χ3v) is 31.4. The standard InChI is InChI=1S/4C18H15P.C17H10Cl2F3N3O.C16H10BrCl2F3N2O.2CN.Pd.Zn/c4*1-4-10-16(11-5-1)19(17-12-6-2-7-13-17)18-14-8-3-9-15-18;18-12-4-11(5-13(19)6-12)16(17(20,21)22)7-15(25-26-16)9-1-2-10(8-23)14(24)3-9;17-12-2-1-8(3-13(12)23)14-7-15(25-24-14,16(20,21)22)9-4-10(18)6-11(19)5-9;2*1-2;;/h4*1-15H;1-6H,7,24H2;1-6H,7,23H2;;;;/q;;;;;;2*-1;;+2. The topological polar surface area (TPSA) is 167 Å². The van der Waals surface area contributed by atoms with E-state index in [1.807, 2.05) is 6.07 Å². The Morgan fingerprint density at radius 2 is 0.496 bits per heavy atom. The summed E-state index contributed by atoms with van der Waals surface area (Å²) in [7, 11) is -1.78. The first kappa shape index (κ1) is 105. The number of alkyl halides is 6. The predicted octanol–water partition coefficient (Wildman–Crippen LogP) is 24.9. The van der Waals surface area contributed by atoms with E-state index in [2.05, 4.69) is 390 Å². The van der Waals surface area contributed by atoms with Crippen LogP contribution in [0.1, 0.15) is 40.7 Å². The summed E-state index contributed by atoms with van der Waals surface area (Å²) >= 11 is 26.7. The number of anilines is 2. The molecule has 18 rings (SSSR count). The minimum atomic E-state index is -4.77. The zero-order valence-electron chi connectivity index (χ0n) is 70.7. The van der Waals surface area contributed by atoms with Crippen molar-refractivity contribution in [2.24, 2.45) is 10.3 Å². The van der Waals surface area contributed by atoms with Crippen molar-refractivity contribution in [2.45, 2.75) is 36.4 Å². The molecule has 0 aromatic heterocycles. The molecule has 0 saturated heterocycles. The van der Waals surface area contributed by atoms with Crippen LogP contribution in [0, 0.1) is 35.0 Å². The molecule has 0 fully saturated rings. The zero-order valence-corrected chi connectivity index (χ0v) is 83.4. The molecule has 0 bridgehead atoms. The Kier molecular flexibility index (Phi) is 41.6. The molecule has 0 spiro atoms. The molecule has 2 aliphatic rings. The van der Waals surface area contributed by atoms with Crippen molar-refractivity contribution in [3.8, 4) is 6.07 Å². The Bertz CT molecular complexity index is 5560. The molecule has 2 aliphatic heterocycles. The monoisotopic (exact) mass is 2120 g/mol. The van der Waals surface area contributed by atoms with Crippen molar-refractivity contribution in [1.29, 1.82) is 15.8 Å². The van der Waals surface area contributed by atoms with Crippen LogP contribution in [0.2, 0.25) is 20.1 Å². The van der Waals surface area contributed by atoms with Gasteiger partial charge in [0.05, 0.1) is 22.7 Å². The van der Waals surface area contributed by atoms with E-state index in [9.17, 15) is 26.3 Å². The largest absolute Gasteiger partial charge is 2.00 e. The summed E-state index contributed by atoms with van der Waals surface area (Å²) in [6, 6.07) is 148. The van der Waals surface area contributed by atoms with Gasteiger partial charge in [0.15, 0.2) is 0 Å². The molecule has 0 saturated carbocycles. The molecule has 133 heavy (non-hydrogen) atoms. The van der Waals surface area contributed by atoms with Crippen LogP contribution in [-0.2, 0) is 60.8 Å². The van der Waals surface area contributed by atoms with Crippen molar-refractivity contribution < 1.29 is 75.9 Å². The summed E-state index contributed by atoms with van der Waals surface area (Å²) in [4.78, 5) is 9.84. The smallest absolute Gasteiger partial charge is 0.512 e. The second-order valence-electron chi connectivity index (χ2n) is 28.6. The summed E-state index contributed by atoms with van der Waals surface area (Å²) < 4.78 is 84.0. The molecule has 664 valence electrons. The van der Waals surface area contributed by atoms with Gasteiger partial charge < -0.3 is 44.8 Å². The van der Waals surface area contributed by atoms with Crippen molar-refractivity contribution in [3.63, 3.8) is 0 Å². The number of rotatable bonds is 16. The van der Waals surface area contributed by atoms with E-state index >= 15 is 0 Å². The molecular formula is C107H80BrCl4F6N7O2P4PdZn. The summed E-state index contributed by atoms with van der Waals surface area (Å²) in [6.45, 7) is 9.50. The van der Waals surface area contributed by atoms with E-state index in [0.29, 0.717) is 21.3 Å². The summed E-state index contributed by atoms with van der Waals surface area (Å²) in [5.41, 5.74) is 7.41. The number of nitrogen functional groups attached to an aromatic ring is 2. The van der Waals surface area contributed by atoms with E-state index in [1.165, 1.54) is 112 Å². The minimum Gasteiger partial charge on any atom is -0.512 e. The number of nitrogens with zero attached hydrogens (tertiary/aromatic N) is 5. The molecular weight excluding hydrogens is 2050 g/mol. The predicted molar refractivity (Wildman–Crippen MR) is 538 cm³/mol. The van der Waals surface area contributed by atoms with Crippen molar-refractivity contribution in [1.82, 2.24) is 0 Å². The number of nitrogens with two attached hydrogens (primary N) is 2. The average Bonchev–Trinajstić information content (AvgIpc) is 1.62. The van der Waals surface area contributed by atoms with E-state index in [1.54, 1.807) is 12.1 Å². The van der Waals surface area contributed by atoms with Gasteiger partial charge >= 0.3 is 31.8 Å². The van der Waals surface area contributed by atoms with Gasteiger partial charge in [0.25, 0.3) is 11.2 Å². The maximum Gasteiger partial charge on any atom is 2.00 e. The van der Waals surface area contributed by atoms with Gasteiger partial charge in [-0.1, -0.05) is 433 Å². The molecule has 4 N–H and O–H groups in total. The van der Waals surface area contributed by atoms with Gasteiger partial charge in [0.1, 0.15) is 6.07 Å². The van der Waals surface area contributed by atoms with Crippen LogP contribution in [0.15, 0.2) is 452 Å². The Morgan fingerprint density at radius 3 is 0.669 bits per heavy atom. The molecule has 16 aromatic rings. The van der Waals surface area contributed by atoms with Crippen LogP contribution in [0.3, 0.4) is 0 Å². The Labute approximate surface area is 831 Å². The van der Waals surface area contributed by atoms with Gasteiger partial charge in [-0.05, 0) is 172 Å². The number of oxime groups is 2. The Balaban J connectivity index is 0.000000178. The van der Waals surface area contributed by atoms with Crippen LogP contribution in [0.25, 0.3) is 0 Å². The summed E-state index contributed by atoms with van der Waals surface area (Å²) in [5.74, 6) is 0. The van der Waals surface area contributed by atoms with Gasteiger partial charge in [0.2, 0.25) is 0 Å². The maximum atomic E-state index is 13.9. The Hall–Kier alpha value is -11.2. The van der Waals surface area contributed by atoms with Gasteiger partial charge in [-0.25, -0.2) is 0 Å². The summed E-state index contributed by atoms with van der Waals surface area (Å²) in [6.07, 6.45) is -10.6. The molecule has 2 heterocycles. The van der Waals surface area contributed by atoms with E-state index in [0.717, 1.165) is 12.1 Å². The van der Waals surface area contributed by atoms with E-state index in [4.69, 9.17) is 96.5 Å². The number of hydrogen-bond acceptors (Lipinski definition) is 9. The normalized spacial score (nSPS) is 13.7. The second kappa shape index (κ2) is 52.4. The fraction of sp³-hybridized carbons (Fsp3) is 0.0561. The third-order valence-electron chi connectivity index (χ3n) is 20.0. The number of nitriles is 1. The van der Waals surface area contributed by atoms with Crippen LogP contribution < -0.4 is 75.1 Å². The number of halogens is 11. The first-order valence-electron chi connectivity index (χ1n) is 40.3. The first-order chi connectivity index (χ1) is 63.6. The molecule has 0 radical (unpaired) electrons. The molecule has 26 heteroatoms. The van der Waals surface area contributed by atoms with Crippen LogP contribution >= 0.6 is 94.0 Å². The van der Waals surface area contributed by atoms with Crippen LogP contribution in [0.4, 0.5) is 37.7 Å².